The number of carbonyl (C=O) groups is 1. The molecule has 0 fully saturated rings. The van der Waals surface area contributed by atoms with Gasteiger partial charge >= 0.3 is 0 Å². The van der Waals surface area contributed by atoms with E-state index in [0.717, 1.165) is 17.0 Å². The monoisotopic (exact) mass is 406 g/mol. The van der Waals surface area contributed by atoms with Crippen LogP contribution in [0.5, 0.6) is 0 Å². The van der Waals surface area contributed by atoms with Crippen molar-refractivity contribution in [2.75, 3.05) is 11.9 Å². The van der Waals surface area contributed by atoms with Crippen LogP contribution in [-0.2, 0) is 17.8 Å². The van der Waals surface area contributed by atoms with Gasteiger partial charge in [-0.2, -0.15) is 0 Å². The third-order valence-electron chi connectivity index (χ3n) is 3.73. The number of halogens is 2. The van der Waals surface area contributed by atoms with Gasteiger partial charge in [-0.15, -0.1) is 11.3 Å². The molecule has 0 saturated carbocycles. The van der Waals surface area contributed by atoms with Gasteiger partial charge in [0.1, 0.15) is 6.54 Å². The minimum Gasteiger partial charge on any atom is -0.335 e. The summed E-state index contributed by atoms with van der Waals surface area (Å²) in [5.74, 6) is -0.0636. The van der Waals surface area contributed by atoms with Gasteiger partial charge in [0.25, 0.3) is 5.91 Å². The third kappa shape index (κ3) is 5.54. The average Bonchev–Trinajstić information content (AvgIpc) is 3.05. The molecule has 0 aliphatic carbocycles. The Labute approximate surface area is 166 Å². The van der Waals surface area contributed by atoms with E-state index in [0.29, 0.717) is 28.1 Å². The molecule has 3 aromatic rings. The Hall–Kier alpha value is -1.92. The van der Waals surface area contributed by atoms with E-state index in [9.17, 15) is 4.79 Å². The molecule has 0 bridgehead atoms. The van der Waals surface area contributed by atoms with Crippen molar-refractivity contribution in [2.24, 2.45) is 0 Å². The lowest BCUT2D eigenvalue weighted by molar-refractivity contribution is -0.659. The van der Waals surface area contributed by atoms with E-state index in [-0.39, 0.29) is 5.91 Å². The van der Waals surface area contributed by atoms with Crippen molar-refractivity contribution < 1.29 is 10.1 Å². The first-order valence-electron chi connectivity index (χ1n) is 8.14. The predicted molar refractivity (Wildman–Crippen MR) is 107 cm³/mol. The molecule has 2 aromatic carbocycles. The number of nitrogens with one attached hydrogen (secondary N) is 1. The standard InChI is InChI=1S/C19H17Cl2N3OS/c20-15-7-6-14(17(21)9-15)8-16-11-23-19(26-16)24-18(25)12-22-10-13-4-2-1-3-5-13/h1-7,9,11,22H,8,10,12H2,(H,23,24,25)/p+1. The van der Waals surface area contributed by atoms with Crippen molar-refractivity contribution >= 4 is 45.6 Å². The van der Waals surface area contributed by atoms with Crippen LogP contribution in [0, 0.1) is 0 Å². The number of anilines is 1. The topological polar surface area (TPSA) is 58.6 Å². The summed E-state index contributed by atoms with van der Waals surface area (Å²) >= 11 is 13.6. The van der Waals surface area contributed by atoms with Gasteiger partial charge in [0.15, 0.2) is 11.7 Å². The second-order valence-electron chi connectivity index (χ2n) is 5.77. The zero-order valence-electron chi connectivity index (χ0n) is 13.9. The molecule has 1 heterocycles. The second kappa shape index (κ2) is 9.14. The average molecular weight is 407 g/mol. The molecular weight excluding hydrogens is 389 g/mol. The quantitative estimate of drug-likeness (QED) is 0.627. The Morgan fingerprint density at radius 2 is 1.96 bits per heavy atom. The van der Waals surface area contributed by atoms with Crippen molar-refractivity contribution in [3.8, 4) is 0 Å². The number of hydrogen-bond donors (Lipinski definition) is 2. The fourth-order valence-electron chi connectivity index (χ4n) is 2.45. The third-order valence-corrected chi connectivity index (χ3v) is 5.23. The highest BCUT2D eigenvalue weighted by molar-refractivity contribution is 7.15. The van der Waals surface area contributed by atoms with Crippen molar-refractivity contribution in [2.45, 2.75) is 13.0 Å². The van der Waals surface area contributed by atoms with Crippen LogP contribution in [0.2, 0.25) is 10.0 Å². The number of carbonyl (C=O) groups excluding carboxylic acids is 1. The Bertz CT molecular complexity index is 884. The molecule has 0 saturated heterocycles. The predicted octanol–water partition coefficient (Wildman–Crippen LogP) is 3.74. The highest BCUT2D eigenvalue weighted by Gasteiger charge is 2.10. The molecule has 0 atom stereocenters. The number of nitrogens with zero attached hydrogens (tertiary/aromatic N) is 1. The number of thiazole rings is 1. The molecule has 1 amide bonds. The van der Waals surface area contributed by atoms with Gasteiger partial charge in [0.2, 0.25) is 0 Å². The van der Waals surface area contributed by atoms with Gasteiger partial charge in [-0.25, -0.2) is 4.98 Å². The number of rotatable bonds is 7. The van der Waals surface area contributed by atoms with E-state index >= 15 is 0 Å². The molecular formula is C19H18Cl2N3OS+. The number of aromatic nitrogens is 1. The molecule has 3 N–H and O–H groups in total. The summed E-state index contributed by atoms with van der Waals surface area (Å²) in [6, 6.07) is 15.5. The van der Waals surface area contributed by atoms with Crippen molar-refractivity contribution in [3.63, 3.8) is 0 Å². The van der Waals surface area contributed by atoms with Crippen LogP contribution in [0.1, 0.15) is 16.0 Å². The van der Waals surface area contributed by atoms with Gasteiger partial charge in [-0.1, -0.05) is 59.6 Å². The lowest BCUT2D eigenvalue weighted by Gasteiger charge is -2.03. The van der Waals surface area contributed by atoms with E-state index in [2.05, 4.69) is 10.3 Å². The number of amides is 1. The first kappa shape index (κ1) is 18.9. The minimum absolute atomic E-state index is 0.0636. The van der Waals surface area contributed by atoms with E-state index in [1.807, 2.05) is 47.8 Å². The maximum Gasteiger partial charge on any atom is 0.281 e. The molecule has 26 heavy (non-hydrogen) atoms. The number of quaternary nitrogens is 1. The molecule has 4 nitrogen and oxygen atoms in total. The summed E-state index contributed by atoms with van der Waals surface area (Å²) < 4.78 is 0. The normalized spacial score (nSPS) is 10.7. The molecule has 0 aliphatic rings. The van der Waals surface area contributed by atoms with Crippen LogP contribution in [0.3, 0.4) is 0 Å². The Morgan fingerprint density at radius 3 is 2.73 bits per heavy atom. The van der Waals surface area contributed by atoms with Crippen molar-refractivity contribution in [1.29, 1.82) is 0 Å². The van der Waals surface area contributed by atoms with E-state index in [1.54, 1.807) is 12.3 Å². The fraction of sp³-hybridized carbons (Fsp3) is 0.158. The van der Waals surface area contributed by atoms with Gasteiger partial charge < -0.3 is 5.32 Å². The van der Waals surface area contributed by atoms with Crippen molar-refractivity contribution in [1.82, 2.24) is 4.98 Å². The Morgan fingerprint density at radius 1 is 1.15 bits per heavy atom. The molecule has 7 heteroatoms. The lowest BCUT2D eigenvalue weighted by atomic mass is 10.1. The number of benzene rings is 2. The van der Waals surface area contributed by atoms with Gasteiger partial charge in [0, 0.05) is 33.1 Å². The number of nitrogens with two attached hydrogens (primary N) is 1. The molecule has 134 valence electrons. The molecule has 0 aliphatic heterocycles. The van der Waals surface area contributed by atoms with Crippen LogP contribution in [0.4, 0.5) is 5.13 Å². The largest absolute Gasteiger partial charge is 0.335 e. The Balaban J connectivity index is 1.49. The zero-order chi connectivity index (χ0) is 18.4. The zero-order valence-corrected chi connectivity index (χ0v) is 16.2. The van der Waals surface area contributed by atoms with Crippen LogP contribution in [0.15, 0.2) is 54.7 Å². The SMILES string of the molecule is O=C(C[NH2+]Cc1ccccc1)Nc1ncc(Cc2ccc(Cl)cc2Cl)s1. The van der Waals surface area contributed by atoms with Crippen molar-refractivity contribution in [3.05, 3.63) is 80.8 Å². The maximum atomic E-state index is 12.1. The first-order valence-corrected chi connectivity index (χ1v) is 9.71. The van der Waals surface area contributed by atoms with Gasteiger partial charge in [-0.05, 0) is 17.7 Å². The molecule has 3 rings (SSSR count). The van der Waals surface area contributed by atoms with Crippen LogP contribution in [-0.4, -0.2) is 17.4 Å². The second-order valence-corrected chi connectivity index (χ2v) is 7.73. The van der Waals surface area contributed by atoms with Gasteiger partial charge in [-0.3, -0.25) is 10.1 Å². The smallest absolute Gasteiger partial charge is 0.281 e. The molecule has 1 aromatic heterocycles. The minimum atomic E-state index is -0.0636. The van der Waals surface area contributed by atoms with E-state index in [4.69, 9.17) is 23.2 Å². The molecule has 0 unspecified atom stereocenters. The summed E-state index contributed by atoms with van der Waals surface area (Å²) in [6.07, 6.45) is 2.42. The van der Waals surface area contributed by atoms with E-state index < -0.39 is 0 Å². The van der Waals surface area contributed by atoms with Crippen LogP contribution in [0.25, 0.3) is 0 Å². The highest BCUT2D eigenvalue weighted by atomic mass is 35.5. The first-order chi connectivity index (χ1) is 12.6. The Kier molecular flexibility index (Phi) is 6.63. The summed E-state index contributed by atoms with van der Waals surface area (Å²) in [7, 11) is 0. The van der Waals surface area contributed by atoms with Crippen LogP contribution < -0.4 is 10.6 Å². The fourth-order valence-corrected chi connectivity index (χ4v) is 3.78. The highest BCUT2D eigenvalue weighted by Crippen LogP contribution is 2.26. The summed E-state index contributed by atoms with van der Waals surface area (Å²) in [5, 5.41) is 6.65. The summed E-state index contributed by atoms with van der Waals surface area (Å²) in [5.41, 5.74) is 2.17. The summed E-state index contributed by atoms with van der Waals surface area (Å²) in [4.78, 5) is 17.3. The van der Waals surface area contributed by atoms with Crippen LogP contribution >= 0.6 is 34.5 Å². The molecule has 0 spiro atoms. The number of hydrogen-bond acceptors (Lipinski definition) is 3. The maximum absolute atomic E-state index is 12.1. The summed E-state index contributed by atoms with van der Waals surface area (Å²) in [6.45, 7) is 1.12. The molecule has 0 radical (unpaired) electrons. The lowest BCUT2D eigenvalue weighted by Crippen LogP contribution is -2.84. The van der Waals surface area contributed by atoms with E-state index in [1.165, 1.54) is 16.9 Å². The van der Waals surface area contributed by atoms with Gasteiger partial charge in [0.05, 0.1) is 0 Å².